The SMILES string of the molecule is Cc1ccnn1CCC(=O)NCCN1CCOCC1. The summed E-state index contributed by atoms with van der Waals surface area (Å²) in [5, 5.41) is 7.11. The molecule has 0 aliphatic carbocycles. The molecule has 2 heterocycles. The highest BCUT2D eigenvalue weighted by atomic mass is 16.5. The number of amides is 1. The zero-order valence-corrected chi connectivity index (χ0v) is 11.5. The fourth-order valence-electron chi connectivity index (χ4n) is 2.11. The molecule has 0 radical (unpaired) electrons. The van der Waals surface area contributed by atoms with E-state index in [-0.39, 0.29) is 5.91 Å². The quantitative estimate of drug-likeness (QED) is 0.789. The van der Waals surface area contributed by atoms with Crippen LogP contribution in [0.3, 0.4) is 0 Å². The third-order valence-electron chi connectivity index (χ3n) is 3.33. The number of carbonyl (C=O) groups excluding carboxylic acids is 1. The van der Waals surface area contributed by atoms with E-state index >= 15 is 0 Å². The lowest BCUT2D eigenvalue weighted by molar-refractivity contribution is -0.121. The van der Waals surface area contributed by atoms with Gasteiger partial charge in [-0.3, -0.25) is 14.4 Å². The van der Waals surface area contributed by atoms with Crippen LogP contribution in [0, 0.1) is 6.92 Å². The normalized spacial score (nSPS) is 16.5. The summed E-state index contributed by atoms with van der Waals surface area (Å²) >= 11 is 0. The van der Waals surface area contributed by atoms with Gasteiger partial charge in [0.25, 0.3) is 0 Å². The summed E-state index contributed by atoms with van der Waals surface area (Å²) in [7, 11) is 0. The molecule has 0 aromatic carbocycles. The molecule has 2 rings (SSSR count). The Morgan fingerprint density at radius 2 is 2.21 bits per heavy atom. The predicted molar refractivity (Wildman–Crippen MR) is 71.8 cm³/mol. The van der Waals surface area contributed by atoms with E-state index in [1.54, 1.807) is 6.20 Å². The Hall–Kier alpha value is -1.40. The van der Waals surface area contributed by atoms with Crippen molar-refractivity contribution < 1.29 is 9.53 Å². The lowest BCUT2D eigenvalue weighted by Crippen LogP contribution is -2.41. The van der Waals surface area contributed by atoms with Crippen molar-refractivity contribution in [3.8, 4) is 0 Å². The van der Waals surface area contributed by atoms with Crippen LogP contribution in [0.4, 0.5) is 0 Å². The molecule has 1 fully saturated rings. The number of aromatic nitrogens is 2. The number of hydrogen-bond donors (Lipinski definition) is 1. The number of rotatable bonds is 6. The highest BCUT2D eigenvalue weighted by Crippen LogP contribution is 1.98. The van der Waals surface area contributed by atoms with E-state index in [9.17, 15) is 4.79 Å². The van der Waals surface area contributed by atoms with Gasteiger partial charge in [0.15, 0.2) is 0 Å². The van der Waals surface area contributed by atoms with Crippen molar-refractivity contribution in [2.75, 3.05) is 39.4 Å². The van der Waals surface area contributed by atoms with Crippen LogP contribution < -0.4 is 5.32 Å². The fraction of sp³-hybridized carbons (Fsp3) is 0.692. The zero-order valence-electron chi connectivity index (χ0n) is 11.5. The van der Waals surface area contributed by atoms with Crippen molar-refractivity contribution in [2.45, 2.75) is 19.9 Å². The van der Waals surface area contributed by atoms with Crippen LogP contribution in [0.25, 0.3) is 0 Å². The summed E-state index contributed by atoms with van der Waals surface area (Å²) in [5.74, 6) is 0.0863. The molecular weight excluding hydrogens is 244 g/mol. The third kappa shape index (κ3) is 4.65. The molecule has 1 N–H and O–H groups in total. The van der Waals surface area contributed by atoms with Crippen LogP contribution in [0.15, 0.2) is 12.3 Å². The molecule has 6 nitrogen and oxygen atoms in total. The molecule has 1 amide bonds. The molecule has 6 heteroatoms. The number of ether oxygens (including phenoxy) is 1. The minimum atomic E-state index is 0.0863. The second kappa shape index (κ2) is 7.25. The first kappa shape index (κ1) is 14.0. The van der Waals surface area contributed by atoms with E-state index in [1.807, 2.05) is 17.7 Å². The molecule has 0 spiro atoms. The summed E-state index contributed by atoms with van der Waals surface area (Å²) in [4.78, 5) is 14.0. The van der Waals surface area contributed by atoms with Crippen molar-refractivity contribution in [3.63, 3.8) is 0 Å². The first-order valence-electron chi connectivity index (χ1n) is 6.81. The summed E-state index contributed by atoms with van der Waals surface area (Å²) in [5.41, 5.74) is 1.08. The number of carbonyl (C=O) groups is 1. The first-order valence-corrected chi connectivity index (χ1v) is 6.81. The van der Waals surface area contributed by atoms with Crippen molar-refractivity contribution in [1.82, 2.24) is 20.0 Å². The summed E-state index contributed by atoms with van der Waals surface area (Å²) in [6.45, 7) is 7.75. The summed E-state index contributed by atoms with van der Waals surface area (Å²) < 4.78 is 7.13. The average molecular weight is 266 g/mol. The Morgan fingerprint density at radius 1 is 1.42 bits per heavy atom. The minimum Gasteiger partial charge on any atom is -0.379 e. The first-order chi connectivity index (χ1) is 9.25. The van der Waals surface area contributed by atoms with Crippen LogP contribution >= 0.6 is 0 Å². The van der Waals surface area contributed by atoms with Gasteiger partial charge in [0.1, 0.15) is 0 Å². The van der Waals surface area contributed by atoms with Crippen LogP contribution in [-0.2, 0) is 16.1 Å². The zero-order chi connectivity index (χ0) is 13.5. The molecule has 0 saturated carbocycles. The van der Waals surface area contributed by atoms with Crippen LogP contribution in [0.2, 0.25) is 0 Å². The minimum absolute atomic E-state index is 0.0863. The van der Waals surface area contributed by atoms with Crippen LogP contribution in [-0.4, -0.2) is 60.0 Å². The highest BCUT2D eigenvalue weighted by molar-refractivity contribution is 5.75. The number of nitrogens with zero attached hydrogens (tertiary/aromatic N) is 3. The fourth-order valence-corrected chi connectivity index (χ4v) is 2.11. The van der Waals surface area contributed by atoms with E-state index in [0.717, 1.165) is 38.5 Å². The van der Waals surface area contributed by atoms with Gasteiger partial charge in [-0.05, 0) is 13.0 Å². The highest BCUT2D eigenvalue weighted by Gasteiger charge is 2.10. The van der Waals surface area contributed by atoms with Crippen LogP contribution in [0.5, 0.6) is 0 Å². The Labute approximate surface area is 113 Å². The Kier molecular flexibility index (Phi) is 5.35. The van der Waals surface area contributed by atoms with Crippen LogP contribution in [0.1, 0.15) is 12.1 Å². The number of morpholine rings is 1. The van der Waals surface area contributed by atoms with Crippen molar-refractivity contribution in [3.05, 3.63) is 18.0 Å². The number of hydrogen-bond acceptors (Lipinski definition) is 4. The van der Waals surface area contributed by atoms with E-state index in [2.05, 4.69) is 15.3 Å². The van der Waals surface area contributed by atoms with Gasteiger partial charge in [0.05, 0.1) is 13.2 Å². The predicted octanol–water partition coefficient (Wildman–Crippen LogP) is 0.0300. The maximum Gasteiger partial charge on any atom is 0.221 e. The van der Waals surface area contributed by atoms with Gasteiger partial charge >= 0.3 is 0 Å². The topological polar surface area (TPSA) is 59.4 Å². The largest absolute Gasteiger partial charge is 0.379 e. The standard InChI is InChI=1S/C13H22N4O2/c1-12-2-4-15-17(12)6-3-13(18)14-5-7-16-8-10-19-11-9-16/h2,4H,3,5-11H2,1H3,(H,14,18). The van der Waals surface area contributed by atoms with Crippen molar-refractivity contribution in [2.24, 2.45) is 0 Å². The molecule has 0 bridgehead atoms. The van der Waals surface area contributed by atoms with Gasteiger partial charge in [0, 0.05) is 51.0 Å². The maximum atomic E-state index is 11.7. The van der Waals surface area contributed by atoms with Gasteiger partial charge < -0.3 is 10.1 Å². The van der Waals surface area contributed by atoms with Gasteiger partial charge in [0.2, 0.25) is 5.91 Å². The van der Waals surface area contributed by atoms with E-state index < -0.39 is 0 Å². The number of nitrogens with one attached hydrogen (secondary N) is 1. The number of aryl methyl sites for hydroxylation is 2. The molecule has 19 heavy (non-hydrogen) atoms. The summed E-state index contributed by atoms with van der Waals surface area (Å²) in [6.07, 6.45) is 2.23. The Balaban J connectivity index is 1.58. The Morgan fingerprint density at radius 3 is 2.89 bits per heavy atom. The second-order valence-electron chi connectivity index (χ2n) is 4.75. The Bertz CT molecular complexity index is 399. The molecule has 106 valence electrons. The maximum absolute atomic E-state index is 11.7. The van der Waals surface area contributed by atoms with E-state index in [1.165, 1.54) is 0 Å². The van der Waals surface area contributed by atoms with Crippen molar-refractivity contribution in [1.29, 1.82) is 0 Å². The van der Waals surface area contributed by atoms with Gasteiger partial charge in [-0.25, -0.2) is 0 Å². The molecular formula is C13H22N4O2. The summed E-state index contributed by atoms with van der Waals surface area (Å²) in [6, 6.07) is 1.94. The molecule has 0 atom stereocenters. The van der Waals surface area contributed by atoms with Gasteiger partial charge in [-0.2, -0.15) is 5.10 Å². The molecule has 1 saturated heterocycles. The molecule has 1 aromatic rings. The molecule has 1 aromatic heterocycles. The van der Waals surface area contributed by atoms with E-state index in [0.29, 0.717) is 19.5 Å². The van der Waals surface area contributed by atoms with Crippen molar-refractivity contribution >= 4 is 5.91 Å². The molecule has 1 aliphatic rings. The average Bonchev–Trinajstić information content (AvgIpc) is 2.83. The van der Waals surface area contributed by atoms with E-state index in [4.69, 9.17) is 4.74 Å². The van der Waals surface area contributed by atoms with Gasteiger partial charge in [-0.15, -0.1) is 0 Å². The molecule has 0 unspecified atom stereocenters. The molecule has 1 aliphatic heterocycles. The lowest BCUT2D eigenvalue weighted by atomic mass is 10.3. The lowest BCUT2D eigenvalue weighted by Gasteiger charge is -2.26. The van der Waals surface area contributed by atoms with Gasteiger partial charge in [-0.1, -0.05) is 0 Å². The third-order valence-corrected chi connectivity index (χ3v) is 3.33. The second-order valence-corrected chi connectivity index (χ2v) is 4.75. The monoisotopic (exact) mass is 266 g/mol. The smallest absolute Gasteiger partial charge is 0.221 e.